The van der Waals surface area contributed by atoms with E-state index < -0.39 is 0 Å². The molecule has 23 heavy (non-hydrogen) atoms. The average Bonchev–Trinajstić information content (AvgIpc) is 3.01. The van der Waals surface area contributed by atoms with Crippen LogP contribution in [0.1, 0.15) is 31.5 Å². The summed E-state index contributed by atoms with van der Waals surface area (Å²) in [5.74, 6) is 1.24. The molecular weight excluding hydrogens is 296 g/mol. The molecule has 8 heteroatoms. The van der Waals surface area contributed by atoms with Crippen molar-refractivity contribution in [2.45, 2.75) is 38.1 Å². The van der Waals surface area contributed by atoms with Crippen molar-refractivity contribution in [2.24, 2.45) is 5.92 Å². The van der Waals surface area contributed by atoms with Crippen LogP contribution in [0, 0.1) is 5.92 Å². The molecule has 128 valence electrons. The van der Waals surface area contributed by atoms with Crippen molar-refractivity contribution < 1.29 is 9.53 Å². The summed E-state index contributed by atoms with van der Waals surface area (Å²) in [6.07, 6.45) is 4.75. The maximum Gasteiger partial charge on any atom is 0.239 e. The van der Waals surface area contributed by atoms with Crippen molar-refractivity contribution in [2.75, 3.05) is 38.6 Å². The summed E-state index contributed by atoms with van der Waals surface area (Å²) in [5.41, 5.74) is 5.45. The van der Waals surface area contributed by atoms with Crippen LogP contribution < -0.4 is 11.1 Å². The van der Waals surface area contributed by atoms with Crippen molar-refractivity contribution >= 4 is 11.9 Å². The van der Waals surface area contributed by atoms with Crippen LogP contribution in [0.4, 0.5) is 5.95 Å². The van der Waals surface area contributed by atoms with Crippen molar-refractivity contribution in [3.05, 3.63) is 5.82 Å². The number of hydrogen-bond acceptors (Lipinski definition) is 6. The highest BCUT2D eigenvalue weighted by atomic mass is 16.5. The van der Waals surface area contributed by atoms with Gasteiger partial charge in [-0.2, -0.15) is 4.98 Å². The van der Waals surface area contributed by atoms with Crippen LogP contribution in [0.25, 0.3) is 0 Å². The average molecular weight is 322 g/mol. The number of carbonyl (C=O) groups is 1. The van der Waals surface area contributed by atoms with E-state index in [1.54, 1.807) is 0 Å². The summed E-state index contributed by atoms with van der Waals surface area (Å²) in [4.78, 5) is 18.8. The van der Waals surface area contributed by atoms with Crippen LogP contribution in [0.2, 0.25) is 0 Å². The molecule has 0 spiro atoms. The van der Waals surface area contributed by atoms with Gasteiger partial charge in [0.15, 0.2) is 0 Å². The highest BCUT2D eigenvalue weighted by Gasteiger charge is 2.29. The molecule has 0 bridgehead atoms. The minimum atomic E-state index is 0.130. The van der Waals surface area contributed by atoms with Crippen LogP contribution in [0.3, 0.4) is 0 Å². The number of hydrogen-bond donors (Lipinski definition) is 3. The van der Waals surface area contributed by atoms with Crippen LogP contribution >= 0.6 is 0 Å². The molecule has 3 rings (SSSR count). The number of amides is 1. The zero-order valence-corrected chi connectivity index (χ0v) is 13.5. The van der Waals surface area contributed by atoms with E-state index in [1.807, 2.05) is 0 Å². The molecule has 0 radical (unpaired) electrons. The van der Waals surface area contributed by atoms with Crippen molar-refractivity contribution in [1.29, 1.82) is 0 Å². The summed E-state index contributed by atoms with van der Waals surface area (Å²) in [6.45, 7) is 4.34. The lowest BCUT2D eigenvalue weighted by molar-refractivity contribution is -0.126. The lowest BCUT2D eigenvalue weighted by Gasteiger charge is -2.38. The number of nitrogens with one attached hydrogen (secondary N) is 2. The molecule has 1 aromatic rings. The Morgan fingerprint density at radius 3 is 2.70 bits per heavy atom. The number of aromatic amines is 1. The monoisotopic (exact) mass is 322 g/mol. The van der Waals surface area contributed by atoms with E-state index in [9.17, 15) is 4.79 Å². The van der Waals surface area contributed by atoms with E-state index in [1.165, 1.54) is 0 Å². The molecular formula is C15H26N6O2. The second-order valence-corrected chi connectivity index (χ2v) is 6.34. The Morgan fingerprint density at radius 1 is 1.30 bits per heavy atom. The molecule has 0 atom stereocenters. The Kier molecular flexibility index (Phi) is 5.45. The van der Waals surface area contributed by atoms with E-state index in [2.05, 4.69) is 25.4 Å². The Bertz CT molecular complexity index is 506. The lowest BCUT2D eigenvalue weighted by atomic mass is 9.93. The SMILES string of the molecule is Nc1n[nH]c(CCNC(=O)C2CCN(C3CCOCC3)CC2)n1. The molecule has 1 aromatic heterocycles. The smallest absolute Gasteiger partial charge is 0.239 e. The fourth-order valence-corrected chi connectivity index (χ4v) is 3.45. The quantitative estimate of drug-likeness (QED) is 0.700. The first-order chi connectivity index (χ1) is 11.2. The van der Waals surface area contributed by atoms with Gasteiger partial charge in [-0.3, -0.25) is 9.89 Å². The van der Waals surface area contributed by atoms with Crippen molar-refractivity contribution in [3.63, 3.8) is 0 Å². The normalized spacial score (nSPS) is 21.4. The van der Waals surface area contributed by atoms with Gasteiger partial charge in [0.05, 0.1) is 0 Å². The van der Waals surface area contributed by atoms with E-state index in [-0.39, 0.29) is 17.8 Å². The summed E-state index contributed by atoms with van der Waals surface area (Å²) in [6, 6.07) is 0.643. The van der Waals surface area contributed by atoms with Crippen molar-refractivity contribution in [1.82, 2.24) is 25.4 Å². The molecule has 1 amide bonds. The zero-order chi connectivity index (χ0) is 16.1. The Hall–Kier alpha value is -1.67. The molecule has 3 heterocycles. The first kappa shape index (κ1) is 16.2. The molecule has 0 unspecified atom stereocenters. The summed E-state index contributed by atoms with van der Waals surface area (Å²) >= 11 is 0. The Balaban J connectivity index is 1.36. The molecule has 8 nitrogen and oxygen atoms in total. The molecule has 2 aliphatic heterocycles. The van der Waals surface area contributed by atoms with Gasteiger partial charge in [0, 0.05) is 38.1 Å². The molecule has 2 fully saturated rings. The van der Waals surface area contributed by atoms with Gasteiger partial charge in [0.2, 0.25) is 11.9 Å². The molecule has 0 aromatic carbocycles. The van der Waals surface area contributed by atoms with Gasteiger partial charge in [0.25, 0.3) is 0 Å². The standard InChI is InChI=1S/C15H26N6O2/c16-15-18-13(19-20-15)1-6-17-14(22)11-2-7-21(8-3-11)12-4-9-23-10-5-12/h11-12H,1-10H2,(H,17,22)(H3,16,18,19,20). The Labute approximate surface area is 136 Å². The maximum atomic E-state index is 12.3. The topological polar surface area (TPSA) is 109 Å². The number of aromatic nitrogens is 3. The largest absolute Gasteiger partial charge is 0.381 e. The number of likely N-dealkylation sites (tertiary alicyclic amines) is 1. The van der Waals surface area contributed by atoms with Crippen LogP contribution in [-0.4, -0.2) is 64.9 Å². The third kappa shape index (κ3) is 4.42. The summed E-state index contributed by atoms with van der Waals surface area (Å²) in [7, 11) is 0. The molecule has 4 N–H and O–H groups in total. The number of ether oxygens (including phenoxy) is 1. The predicted octanol–water partition coefficient (Wildman–Crippen LogP) is -0.0634. The van der Waals surface area contributed by atoms with Crippen molar-refractivity contribution in [3.8, 4) is 0 Å². The van der Waals surface area contributed by atoms with E-state index in [4.69, 9.17) is 10.5 Å². The van der Waals surface area contributed by atoms with Gasteiger partial charge < -0.3 is 20.7 Å². The number of H-pyrrole nitrogens is 1. The molecule has 2 saturated heterocycles. The third-order valence-electron chi connectivity index (χ3n) is 4.82. The van der Waals surface area contributed by atoms with Gasteiger partial charge in [0.1, 0.15) is 5.82 Å². The van der Waals surface area contributed by atoms with E-state index >= 15 is 0 Å². The first-order valence-electron chi connectivity index (χ1n) is 8.48. The summed E-state index contributed by atoms with van der Waals surface area (Å²) in [5, 5.41) is 9.52. The Morgan fingerprint density at radius 2 is 2.04 bits per heavy atom. The molecule has 0 aliphatic carbocycles. The fourth-order valence-electron chi connectivity index (χ4n) is 3.45. The highest BCUT2D eigenvalue weighted by molar-refractivity contribution is 5.78. The zero-order valence-electron chi connectivity index (χ0n) is 13.5. The minimum Gasteiger partial charge on any atom is -0.381 e. The number of rotatable bonds is 5. The van der Waals surface area contributed by atoms with Crippen LogP contribution in [-0.2, 0) is 16.0 Å². The number of nitrogens with two attached hydrogens (primary N) is 1. The van der Waals surface area contributed by atoms with Gasteiger partial charge in [-0.15, -0.1) is 5.10 Å². The van der Waals surface area contributed by atoms with Gasteiger partial charge >= 0.3 is 0 Å². The van der Waals surface area contributed by atoms with E-state index in [0.717, 1.165) is 52.0 Å². The van der Waals surface area contributed by atoms with Gasteiger partial charge in [-0.1, -0.05) is 0 Å². The first-order valence-corrected chi connectivity index (χ1v) is 8.48. The van der Waals surface area contributed by atoms with Crippen LogP contribution in [0.15, 0.2) is 0 Å². The summed E-state index contributed by atoms with van der Waals surface area (Å²) < 4.78 is 5.42. The number of nitrogens with zero attached hydrogens (tertiary/aromatic N) is 3. The highest BCUT2D eigenvalue weighted by Crippen LogP contribution is 2.23. The fraction of sp³-hybridized carbons (Fsp3) is 0.800. The minimum absolute atomic E-state index is 0.130. The number of anilines is 1. The second-order valence-electron chi connectivity index (χ2n) is 6.34. The third-order valence-corrected chi connectivity index (χ3v) is 4.82. The lowest BCUT2D eigenvalue weighted by Crippen LogP contribution is -2.46. The maximum absolute atomic E-state index is 12.3. The second kappa shape index (κ2) is 7.74. The molecule has 2 aliphatic rings. The number of piperidine rings is 1. The van der Waals surface area contributed by atoms with E-state index in [0.29, 0.717) is 24.8 Å². The van der Waals surface area contributed by atoms with Crippen LogP contribution in [0.5, 0.6) is 0 Å². The molecule has 0 saturated carbocycles. The van der Waals surface area contributed by atoms with Gasteiger partial charge in [-0.05, 0) is 38.8 Å². The van der Waals surface area contributed by atoms with Gasteiger partial charge in [-0.25, -0.2) is 0 Å². The number of nitrogen functional groups attached to an aromatic ring is 1. The number of carbonyl (C=O) groups excluding carboxylic acids is 1. The predicted molar refractivity (Wildman–Crippen MR) is 85.6 cm³/mol.